The number of amides is 2. The fourth-order valence-electron chi connectivity index (χ4n) is 3.60. The van der Waals surface area contributed by atoms with Crippen LogP contribution in [0.1, 0.15) is 38.2 Å². The summed E-state index contributed by atoms with van der Waals surface area (Å²) >= 11 is 1.81. The minimum atomic E-state index is -1.05. The number of rotatable bonds is 3. The Labute approximate surface area is 146 Å². The van der Waals surface area contributed by atoms with Crippen LogP contribution in [-0.2, 0) is 9.59 Å². The van der Waals surface area contributed by atoms with Gasteiger partial charge in [0.2, 0.25) is 11.8 Å². The molecule has 0 radical (unpaired) electrons. The maximum atomic E-state index is 12.7. The summed E-state index contributed by atoms with van der Waals surface area (Å²) < 4.78 is 0. The Hall–Kier alpha value is -1.53. The number of aliphatic hydroxyl groups is 1. The van der Waals surface area contributed by atoms with Gasteiger partial charge in [-0.15, -0.1) is 0 Å². The molecule has 0 aromatic heterocycles. The lowest BCUT2D eigenvalue weighted by Crippen LogP contribution is -2.52. The Morgan fingerprint density at radius 2 is 2.00 bits per heavy atom. The van der Waals surface area contributed by atoms with Crippen LogP contribution < -0.4 is 10.6 Å². The van der Waals surface area contributed by atoms with Gasteiger partial charge in [0, 0.05) is 5.69 Å². The van der Waals surface area contributed by atoms with Gasteiger partial charge in [-0.1, -0.05) is 32.0 Å². The fraction of sp³-hybridized carbons (Fsp3) is 0.556. The number of benzene rings is 1. The molecule has 5 nitrogen and oxygen atoms in total. The molecule has 2 unspecified atom stereocenters. The second-order valence-electron chi connectivity index (χ2n) is 6.91. The highest BCUT2D eigenvalue weighted by Gasteiger charge is 2.55. The van der Waals surface area contributed by atoms with E-state index < -0.39 is 23.5 Å². The lowest BCUT2D eigenvalue weighted by atomic mass is 9.84. The average Bonchev–Trinajstić information content (AvgIpc) is 2.78. The number of thioether (sulfide) groups is 1. The maximum Gasteiger partial charge on any atom is 0.239 e. The molecule has 130 valence electrons. The smallest absolute Gasteiger partial charge is 0.239 e. The van der Waals surface area contributed by atoms with E-state index in [1.54, 1.807) is 0 Å². The Bertz CT molecular complexity index is 641. The van der Waals surface area contributed by atoms with E-state index in [0.29, 0.717) is 18.5 Å². The van der Waals surface area contributed by atoms with E-state index in [0.717, 1.165) is 17.1 Å². The summed E-state index contributed by atoms with van der Waals surface area (Å²) in [5.41, 5.74) is 1.09. The second-order valence-corrected chi connectivity index (χ2v) is 8.14. The van der Waals surface area contributed by atoms with Crippen molar-refractivity contribution in [1.29, 1.82) is 0 Å². The predicted octanol–water partition coefficient (Wildman–Crippen LogP) is 2.12. The van der Waals surface area contributed by atoms with E-state index in [2.05, 4.69) is 24.5 Å². The van der Waals surface area contributed by atoms with Crippen molar-refractivity contribution in [3.63, 3.8) is 0 Å². The molecule has 2 aliphatic heterocycles. The third-order valence-corrected chi connectivity index (χ3v) is 6.03. The van der Waals surface area contributed by atoms with E-state index >= 15 is 0 Å². The topological polar surface area (TPSA) is 78.4 Å². The quantitative estimate of drug-likeness (QED) is 0.731. The first-order chi connectivity index (χ1) is 11.4. The molecule has 2 atom stereocenters. The van der Waals surface area contributed by atoms with Gasteiger partial charge in [0.1, 0.15) is 5.92 Å². The minimum Gasteiger partial charge on any atom is -0.389 e. The molecular weight excluding hydrogens is 324 g/mol. The normalized spacial score (nSPS) is 25.8. The van der Waals surface area contributed by atoms with Crippen molar-refractivity contribution in [2.24, 2.45) is 5.92 Å². The van der Waals surface area contributed by atoms with Crippen LogP contribution in [0.3, 0.4) is 0 Å². The second kappa shape index (κ2) is 6.76. The Morgan fingerprint density at radius 3 is 2.67 bits per heavy atom. The summed E-state index contributed by atoms with van der Waals surface area (Å²) in [4.78, 5) is 25.1. The first kappa shape index (κ1) is 17.3. The lowest BCUT2D eigenvalue weighted by molar-refractivity contribution is -0.132. The third-order valence-electron chi connectivity index (χ3n) is 5.04. The number of para-hydroxylation sites is 1. The van der Waals surface area contributed by atoms with Crippen molar-refractivity contribution in [3.05, 3.63) is 29.8 Å². The summed E-state index contributed by atoms with van der Waals surface area (Å²) in [6.07, 6.45) is 0.436. The first-order valence-corrected chi connectivity index (χ1v) is 9.58. The van der Waals surface area contributed by atoms with Crippen molar-refractivity contribution >= 4 is 29.3 Å². The zero-order valence-electron chi connectivity index (χ0n) is 14.0. The SMILES string of the molecule is CC(C)c1ccccc1NC(=O)C1C(=O)NC2(CCSCC2)C1O. The van der Waals surface area contributed by atoms with Gasteiger partial charge in [0.15, 0.2) is 0 Å². The number of hydrogen-bond acceptors (Lipinski definition) is 4. The van der Waals surface area contributed by atoms with Gasteiger partial charge >= 0.3 is 0 Å². The van der Waals surface area contributed by atoms with Crippen LogP contribution in [0.25, 0.3) is 0 Å². The van der Waals surface area contributed by atoms with Crippen LogP contribution in [-0.4, -0.2) is 40.1 Å². The number of nitrogens with one attached hydrogen (secondary N) is 2. The molecule has 2 amide bonds. The van der Waals surface area contributed by atoms with Crippen molar-refractivity contribution in [1.82, 2.24) is 5.32 Å². The number of hydrogen-bond donors (Lipinski definition) is 3. The molecule has 0 aliphatic carbocycles. The molecule has 1 aromatic rings. The van der Waals surface area contributed by atoms with Gasteiger partial charge in [-0.05, 0) is 41.9 Å². The van der Waals surface area contributed by atoms with Crippen LogP contribution in [0.2, 0.25) is 0 Å². The monoisotopic (exact) mass is 348 g/mol. The van der Waals surface area contributed by atoms with Gasteiger partial charge in [-0.3, -0.25) is 9.59 Å². The molecule has 3 rings (SSSR count). The summed E-state index contributed by atoms with van der Waals surface area (Å²) in [7, 11) is 0. The Morgan fingerprint density at radius 1 is 1.33 bits per heavy atom. The van der Waals surface area contributed by atoms with Crippen LogP contribution >= 0.6 is 11.8 Å². The number of anilines is 1. The maximum absolute atomic E-state index is 12.7. The molecule has 0 saturated carbocycles. The molecule has 6 heteroatoms. The molecule has 2 heterocycles. The van der Waals surface area contributed by atoms with E-state index in [-0.39, 0.29) is 11.8 Å². The standard InChI is InChI=1S/C18H24N2O3S/c1-11(2)12-5-3-4-6-13(12)19-16(22)14-15(21)18(20-17(14)23)7-9-24-10-8-18/h3-6,11,14-15,21H,7-10H2,1-2H3,(H,19,22)(H,20,23). The van der Waals surface area contributed by atoms with Gasteiger partial charge in [0.05, 0.1) is 11.6 Å². The molecular formula is C18H24N2O3S. The van der Waals surface area contributed by atoms with Crippen molar-refractivity contribution in [2.45, 2.75) is 44.2 Å². The fourth-order valence-corrected chi connectivity index (χ4v) is 4.82. The highest BCUT2D eigenvalue weighted by Crippen LogP contribution is 2.38. The molecule has 0 bridgehead atoms. The highest BCUT2D eigenvalue weighted by atomic mass is 32.2. The Kier molecular flexibility index (Phi) is 4.88. The minimum absolute atomic E-state index is 0.255. The molecule has 24 heavy (non-hydrogen) atoms. The van der Waals surface area contributed by atoms with Crippen LogP contribution in [0, 0.1) is 5.92 Å². The van der Waals surface area contributed by atoms with Crippen LogP contribution in [0.15, 0.2) is 24.3 Å². The van der Waals surface area contributed by atoms with E-state index in [9.17, 15) is 14.7 Å². The lowest BCUT2D eigenvalue weighted by Gasteiger charge is -2.36. The zero-order chi connectivity index (χ0) is 17.3. The van der Waals surface area contributed by atoms with Crippen molar-refractivity contribution in [2.75, 3.05) is 16.8 Å². The highest BCUT2D eigenvalue weighted by molar-refractivity contribution is 7.99. The van der Waals surface area contributed by atoms with E-state index in [1.807, 2.05) is 36.0 Å². The number of aliphatic hydroxyl groups excluding tert-OH is 1. The molecule has 1 spiro atoms. The van der Waals surface area contributed by atoms with Crippen molar-refractivity contribution < 1.29 is 14.7 Å². The molecule has 1 aromatic carbocycles. The zero-order valence-corrected chi connectivity index (χ0v) is 14.9. The first-order valence-electron chi connectivity index (χ1n) is 8.42. The molecule has 2 saturated heterocycles. The van der Waals surface area contributed by atoms with Gasteiger partial charge in [-0.25, -0.2) is 0 Å². The van der Waals surface area contributed by atoms with Gasteiger partial charge < -0.3 is 15.7 Å². The predicted molar refractivity (Wildman–Crippen MR) is 96.1 cm³/mol. The van der Waals surface area contributed by atoms with Gasteiger partial charge in [0.25, 0.3) is 0 Å². The van der Waals surface area contributed by atoms with Crippen LogP contribution in [0.5, 0.6) is 0 Å². The van der Waals surface area contributed by atoms with Crippen molar-refractivity contribution in [3.8, 4) is 0 Å². The largest absolute Gasteiger partial charge is 0.389 e. The summed E-state index contributed by atoms with van der Waals surface area (Å²) in [5.74, 6) is 0.194. The molecule has 3 N–H and O–H groups in total. The number of carbonyl (C=O) groups is 2. The summed E-state index contributed by atoms with van der Waals surface area (Å²) in [5, 5.41) is 16.5. The van der Waals surface area contributed by atoms with E-state index in [1.165, 1.54) is 0 Å². The third kappa shape index (κ3) is 3.05. The summed E-state index contributed by atoms with van der Waals surface area (Å²) in [6, 6.07) is 7.58. The average molecular weight is 348 g/mol. The summed E-state index contributed by atoms with van der Waals surface area (Å²) in [6.45, 7) is 4.10. The van der Waals surface area contributed by atoms with Gasteiger partial charge in [-0.2, -0.15) is 11.8 Å². The molecule has 2 aliphatic rings. The van der Waals surface area contributed by atoms with Crippen LogP contribution in [0.4, 0.5) is 5.69 Å². The van der Waals surface area contributed by atoms with E-state index in [4.69, 9.17) is 0 Å². The Balaban J connectivity index is 1.79. The molecule has 2 fully saturated rings. The number of carbonyl (C=O) groups excluding carboxylic acids is 2.